The van der Waals surface area contributed by atoms with E-state index >= 15 is 0 Å². The van der Waals surface area contributed by atoms with Crippen molar-refractivity contribution in [1.82, 2.24) is 25.1 Å². The number of methoxy groups -OCH3 is 1. The average Bonchev–Trinajstić information content (AvgIpc) is 3.19. The first kappa shape index (κ1) is 23.1. The molecule has 2 N–H and O–H groups in total. The molecule has 0 saturated heterocycles. The van der Waals surface area contributed by atoms with Gasteiger partial charge in [-0.15, -0.1) is 0 Å². The number of nitrogens with one attached hydrogen (secondary N) is 2. The van der Waals surface area contributed by atoms with E-state index in [1.807, 2.05) is 13.2 Å². The van der Waals surface area contributed by atoms with Gasteiger partial charge in [0, 0.05) is 24.7 Å². The summed E-state index contributed by atoms with van der Waals surface area (Å²) in [7, 11) is 1.51. The van der Waals surface area contributed by atoms with Crippen molar-refractivity contribution in [3.8, 4) is 5.75 Å². The van der Waals surface area contributed by atoms with Crippen molar-refractivity contribution in [3.05, 3.63) is 35.0 Å². The second-order valence-corrected chi connectivity index (χ2v) is 7.60. The minimum absolute atomic E-state index is 0.270. The van der Waals surface area contributed by atoms with Gasteiger partial charge in [-0.05, 0) is 31.4 Å². The normalized spacial score (nSPS) is 11.0. The van der Waals surface area contributed by atoms with E-state index in [4.69, 9.17) is 21.1 Å². The fraction of sp³-hybridized carbons (Fsp3) is 0.400. The van der Waals surface area contributed by atoms with Crippen molar-refractivity contribution in [2.45, 2.75) is 18.6 Å². The van der Waals surface area contributed by atoms with Gasteiger partial charge in [0.15, 0.2) is 10.8 Å². The Morgan fingerprint density at radius 2 is 2.13 bits per heavy atom. The van der Waals surface area contributed by atoms with E-state index in [-0.39, 0.29) is 5.91 Å². The number of carbonyl (C=O) groups is 1. The molecule has 2 heterocycles. The first-order chi connectivity index (χ1) is 15.1. The number of halogens is 1. The first-order valence-electron chi connectivity index (χ1n) is 9.78. The molecule has 0 spiro atoms. The SMILES string of the molecule is CCOCCNc1nc(SC)nc2c1cnn2CCNC(=O)c1cc(Cl)ccc1OC. The van der Waals surface area contributed by atoms with E-state index in [0.29, 0.717) is 65.8 Å². The van der Waals surface area contributed by atoms with Gasteiger partial charge in [0.05, 0.1) is 37.4 Å². The lowest BCUT2D eigenvalue weighted by molar-refractivity contribution is 0.0949. The number of carbonyl (C=O) groups excluding carboxylic acids is 1. The molecule has 0 aliphatic rings. The summed E-state index contributed by atoms with van der Waals surface area (Å²) in [6.45, 7) is 4.65. The van der Waals surface area contributed by atoms with Crippen LogP contribution in [0.3, 0.4) is 0 Å². The average molecular weight is 465 g/mol. The molecule has 31 heavy (non-hydrogen) atoms. The zero-order chi connectivity index (χ0) is 22.2. The molecule has 3 rings (SSSR count). The molecule has 1 aromatic carbocycles. The van der Waals surface area contributed by atoms with Crippen LogP contribution < -0.4 is 15.4 Å². The number of aromatic nitrogens is 4. The second kappa shape index (κ2) is 11.2. The van der Waals surface area contributed by atoms with Crippen molar-refractivity contribution in [2.75, 3.05) is 45.0 Å². The predicted octanol–water partition coefficient (Wildman–Crippen LogP) is 3.09. The van der Waals surface area contributed by atoms with E-state index < -0.39 is 0 Å². The summed E-state index contributed by atoms with van der Waals surface area (Å²) in [5.41, 5.74) is 1.08. The Balaban J connectivity index is 1.70. The number of hydrogen-bond donors (Lipinski definition) is 2. The van der Waals surface area contributed by atoms with E-state index in [1.165, 1.54) is 18.9 Å². The maximum absolute atomic E-state index is 12.6. The molecule has 0 bridgehead atoms. The number of nitrogens with zero attached hydrogens (tertiary/aromatic N) is 4. The minimum atomic E-state index is -0.270. The number of fused-ring (bicyclic) bond motifs is 1. The number of ether oxygens (including phenoxy) is 2. The lowest BCUT2D eigenvalue weighted by Gasteiger charge is -2.11. The summed E-state index contributed by atoms with van der Waals surface area (Å²) in [5.74, 6) is 0.910. The molecule has 0 saturated carbocycles. The Labute approximate surface area is 189 Å². The summed E-state index contributed by atoms with van der Waals surface area (Å²) >= 11 is 7.47. The van der Waals surface area contributed by atoms with Crippen LogP contribution in [-0.4, -0.2) is 65.3 Å². The van der Waals surface area contributed by atoms with Crippen LogP contribution >= 0.6 is 23.4 Å². The fourth-order valence-corrected chi connectivity index (χ4v) is 3.47. The maximum Gasteiger partial charge on any atom is 0.255 e. The molecule has 0 radical (unpaired) electrons. The smallest absolute Gasteiger partial charge is 0.255 e. The lowest BCUT2D eigenvalue weighted by Crippen LogP contribution is -2.28. The van der Waals surface area contributed by atoms with Crippen LogP contribution in [0.15, 0.2) is 29.6 Å². The molecule has 0 fully saturated rings. The zero-order valence-corrected chi connectivity index (χ0v) is 19.2. The Morgan fingerprint density at radius 1 is 1.29 bits per heavy atom. The van der Waals surface area contributed by atoms with Crippen LogP contribution in [0.4, 0.5) is 5.82 Å². The molecule has 0 aliphatic heterocycles. The minimum Gasteiger partial charge on any atom is -0.496 e. The highest BCUT2D eigenvalue weighted by atomic mass is 35.5. The summed E-state index contributed by atoms with van der Waals surface area (Å²) in [5, 5.41) is 12.5. The third-order valence-electron chi connectivity index (χ3n) is 4.42. The second-order valence-electron chi connectivity index (χ2n) is 6.39. The Bertz CT molecular complexity index is 1050. The molecule has 166 valence electrons. The number of anilines is 1. The van der Waals surface area contributed by atoms with Crippen molar-refractivity contribution in [2.24, 2.45) is 0 Å². The summed E-state index contributed by atoms with van der Waals surface area (Å²) in [4.78, 5) is 21.7. The summed E-state index contributed by atoms with van der Waals surface area (Å²) in [6.07, 6.45) is 3.65. The molecule has 0 atom stereocenters. The predicted molar refractivity (Wildman–Crippen MR) is 122 cm³/mol. The highest BCUT2D eigenvalue weighted by molar-refractivity contribution is 7.98. The Kier molecular flexibility index (Phi) is 8.33. The van der Waals surface area contributed by atoms with Crippen LogP contribution in [0.1, 0.15) is 17.3 Å². The monoisotopic (exact) mass is 464 g/mol. The number of amides is 1. The van der Waals surface area contributed by atoms with Gasteiger partial charge in [0.2, 0.25) is 0 Å². The molecule has 9 nitrogen and oxygen atoms in total. The van der Waals surface area contributed by atoms with Crippen LogP contribution in [0.5, 0.6) is 5.75 Å². The van der Waals surface area contributed by atoms with Crippen LogP contribution in [0.25, 0.3) is 11.0 Å². The molecule has 11 heteroatoms. The molecule has 1 amide bonds. The van der Waals surface area contributed by atoms with E-state index in [0.717, 1.165) is 5.39 Å². The van der Waals surface area contributed by atoms with E-state index in [2.05, 4.69) is 25.7 Å². The number of hydrogen-bond acceptors (Lipinski definition) is 8. The molecular weight excluding hydrogens is 440 g/mol. The van der Waals surface area contributed by atoms with Crippen molar-refractivity contribution in [1.29, 1.82) is 0 Å². The maximum atomic E-state index is 12.6. The van der Waals surface area contributed by atoms with Gasteiger partial charge in [0.1, 0.15) is 11.6 Å². The lowest BCUT2D eigenvalue weighted by atomic mass is 10.2. The van der Waals surface area contributed by atoms with Gasteiger partial charge in [-0.1, -0.05) is 23.4 Å². The molecule has 2 aromatic heterocycles. The quantitative estimate of drug-likeness (QED) is 0.253. The van der Waals surface area contributed by atoms with Gasteiger partial charge in [0.25, 0.3) is 5.91 Å². The Hall–Kier alpha value is -2.56. The highest BCUT2D eigenvalue weighted by Gasteiger charge is 2.15. The standard InChI is InChI=1S/C20H25ClN6O3S/c1-4-30-10-8-22-17-15-12-24-27(18(15)26-20(25-17)31-3)9-7-23-19(28)14-11-13(21)5-6-16(14)29-2/h5-6,11-12H,4,7-10H2,1-3H3,(H,23,28)(H,22,25,26). The van der Waals surface area contributed by atoms with Gasteiger partial charge in [-0.25, -0.2) is 14.6 Å². The van der Waals surface area contributed by atoms with Gasteiger partial charge >= 0.3 is 0 Å². The van der Waals surface area contributed by atoms with Crippen molar-refractivity contribution < 1.29 is 14.3 Å². The van der Waals surface area contributed by atoms with E-state index in [1.54, 1.807) is 29.1 Å². The van der Waals surface area contributed by atoms with Gasteiger partial charge in [-0.3, -0.25) is 4.79 Å². The van der Waals surface area contributed by atoms with Crippen molar-refractivity contribution >= 4 is 46.1 Å². The third-order valence-corrected chi connectivity index (χ3v) is 5.20. The summed E-state index contributed by atoms with van der Waals surface area (Å²) < 4.78 is 12.4. The third kappa shape index (κ3) is 5.78. The zero-order valence-electron chi connectivity index (χ0n) is 17.6. The molecule has 3 aromatic rings. The largest absolute Gasteiger partial charge is 0.496 e. The first-order valence-corrected chi connectivity index (χ1v) is 11.4. The van der Waals surface area contributed by atoms with Crippen molar-refractivity contribution in [3.63, 3.8) is 0 Å². The van der Waals surface area contributed by atoms with Crippen LogP contribution in [-0.2, 0) is 11.3 Å². The van der Waals surface area contributed by atoms with Gasteiger partial charge < -0.3 is 20.1 Å². The van der Waals surface area contributed by atoms with Crippen LogP contribution in [0.2, 0.25) is 5.02 Å². The van der Waals surface area contributed by atoms with Crippen LogP contribution in [0, 0.1) is 0 Å². The molecular formula is C20H25ClN6O3S. The Morgan fingerprint density at radius 3 is 2.87 bits per heavy atom. The van der Waals surface area contributed by atoms with Gasteiger partial charge in [-0.2, -0.15) is 5.10 Å². The highest BCUT2D eigenvalue weighted by Crippen LogP contribution is 2.24. The number of rotatable bonds is 11. The molecule has 0 aliphatic carbocycles. The van der Waals surface area contributed by atoms with E-state index in [9.17, 15) is 4.79 Å². The summed E-state index contributed by atoms with van der Waals surface area (Å²) in [6, 6.07) is 4.92. The molecule has 0 unspecified atom stereocenters. The fourth-order valence-electron chi connectivity index (χ4n) is 2.94. The topological polar surface area (TPSA) is 103 Å². The number of benzene rings is 1. The number of thioether (sulfide) groups is 1.